The highest BCUT2D eigenvalue weighted by molar-refractivity contribution is 7.89. The lowest BCUT2D eigenvalue weighted by molar-refractivity contribution is -0.138. The van der Waals surface area contributed by atoms with Gasteiger partial charge in [0.05, 0.1) is 0 Å². The second kappa shape index (κ2) is 5.21. The SMILES string of the molecule is NCC(NS(=O)(=O)c1ccccc1F)C(=O)O. The van der Waals surface area contributed by atoms with Crippen molar-refractivity contribution in [3.63, 3.8) is 0 Å². The predicted molar refractivity (Wildman–Crippen MR) is 57.2 cm³/mol. The molecule has 0 aliphatic heterocycles. The number of rotatable bonds is 5. The molecule has 0 bridgehead atoms. The first-order valence-corrected chi connectivity index (χ1v) is 6.06. The van der Waals surface area contributed by atoms with Crippen molar-refractivity contribution in [1.29, 1.82) is 0 Å². The normalized spacial score (nSPS) is 13.3. The predicted octanol–water partition coefficient (Wildman–Crippen LogP) is -0.484. The quantitative estimate of drug-likeness (QED) is 0.663. The summed E-state index contributed by atoms with van der Waals surface area (Å²) in [5.41, 5.74) is 5.10. The van der Waals surface area contributed by atoms with E-state index in [1.807, 2.05) is 4.72 Å². The van der Waals surface area contributed by atoms with E-state index in [1.165, 1.54) is 12.1 Å². The molecule has 1 unspecified atom stereocenters. The molecule has 0 spiro atoms. The number of carboxylic acid groups (broad SMARTS) is 1. The maximum Gasteiger partial charge on any atom is 0.323 e. The van der Waals surface area contributed by atoms with Crippen molar-refractivity contribution in [3.8, 4) is 0 Å². The number of aliphatic carboxylic acids is 1. The summed E-state index contributed by atoms with van der Waals surface area (Å²) in [5, 5.41) is 8.65. The standard InChI is InChI=1S/C9H11FN2O4S/c10-6-3-1-2-4-8(6)17(15,16)12-7(5-11)9(13)14/h1-4,7,12H,5,11H2,(H,13,14). The number of nitrogens with two attached hydrogens (primary N) is 1. The van der Waals surface area contributed by atoms with Gasteiger partial charge in [0.1, 0.15) is 16.8 Å². The number of hydrogen-bond donors (Lipinski definition) is 3. The number of carboxylic acids is 1. The van der Waals surface area contributed by atoms with Crippen LogP contribution in [0.15, 0.2) is 29.2 Å². The van der Waals surface area contributed by atoms with Gasteiger partial charge in [-0.15, -0.1) is 0 Å². The maximum atomic E-state index is 13.2. The molecule has 8 heteroatoms. The van der Waals surface area contributed by atoms with Gasteiger partial charge >= 0.3 is 5.97 Å². The number of halogens is 1. The van der Waals surface area contributed by atoms with E-state index in [2.05, 4.69) is 0 Å². The highest BCUT2D eigenvalue weighted by atomic mass is 32.2. The van der Waals surface area contributed by atoms with Gasteiger partial charge in [0.15, 0.2) is 0 Å². The van der Waals surface area contributed by atoms with Crippen molar-refractivity contribution >= 4 is 16.0 Å². The molecule has 0 saturated heterocycles. The highest BCUT2D eigenvalue weighted by Gasteiger charge is 2.25. The summed E-state index contributed by atoms with van der Waals surface area (Å²) in [6, 6.07) is 3.17. The fourth-order valence-electron chi connectivity index (χ4n) is 1.11. The smallest absolute Gasteiger partial charge is 0.323 e. The molecular formula is C9H11FN2O4S. The zero-order chi connectivity index (χ0) is 13.1. The van der Waals surface area contributed by atoms with Crippen LogP contribution in [0.1, 0.15) is 0 Å². The van der Waals surface area contributed by atoms with Crippen molar-refractivity contribution in [2.24, 2.45) is 5.73 Å². The zero-order valence-corrected chi connectivity index (χ0v) is 9.45. The van der Waals surface area contributed by atoms with Crippen LogP contribution in [0.4, 0.5) is 4.39 Å². The van der Waals surface area contributed by atoms with Gasteiger partial charge in [-0.2, -0.15) is 4.72 Å². The molecule has 94 valence electrons. The summed E-state index contributed by atoms with van der Waals surface area (Å²) < 4.78 is 38.4. The molecule has 0 aliphatic carbocycles. The fraction of sp³-hybridized carbons (Fsp3) is 0.222. The minimum atomic E-state index is -4.23. The largest absolute Gasteiger partial charge is 0.480 e. The van der Waals surface area contributed by atoms with Crippen LogP contribution in [0.25, 0.3) is 0 Å². The first-order chi connectivity index (χ1) is 7.88. The molecule has 17 heavy (non-hydrogen) atoms. The molecule has 0 radical (unpaired) electrons. The summed E-state index contributed by atoms with van der Waals surface area (Å²) in [6.45, 7) is -0.428. The summed E-state index contributed by atoms with van der Waals surface area (Å²) >= 11 is 0. The van der Waals surface area contributed by atoms with Crippen molar-refractivity contribution < 1.29 is 22.7 Å². The molecule has 0 aromatic heterocycles. The monoisotopic (exact) mass is 262 g/mol. The third kappa shape index (κ3) is 3.22. The zero-order valence-electron chi connectivity index (χ0n) is 8.63. The molecule has 0 heterocycles. The van der Waals surface area contributed by atoms with Gasteiger partial charge in [0.2, 0.25) is 10.0 Å². The van der Waals surface area contributed by atoms with Gasteiger partial charge < -0.3 is 10.8 Å². The van der Waals surface area contributed by atoms with Crippen LogP contribution in [0.5, 0.6) is 0 Å². The van der Waals surface area contributed by atoms with E-state index >= 15 is 0 Å². The van der Waals surface area contributed by atoms with Crippen LogP contribution in [-0.4, -0.2) is 32.1 Å². The van der Waals surface area contributed by atoms with Crippen LogP contribution in [-0.2, 0) is 14.8 Å². The third-order valence-electron chi connectivity index (χ3n) is 1.96. The topological polar surface area (TPSA) is 109 Å². The Balaban J connectivity index is 3.05. The summed E-state index contributed by atoms with van der Waals surface area (Å²) in [6.07, 6.45) is 0. The van der Waals surface area contributed by atoms with E-state index in [1.54, 1.807) is 0 Å². The van der Waals surface area contributed by atoms with Gasteiger partial charge in [-0.05, 0) is 12.1 Å². The highest BCUT2D eigenvalue weighted by Crippen LogP contribution is 2.13. The van der Waals surface area contributed by atoms with Crippen LogP contribution >= 0.6 is 0 Å². The molecule has 1 atom stereocenters. The Labute approximate surface area is 97.3 Å². The number of nitrogens with one attached hydrogen (secondary N) is 1. The van der Waals surface area contributed by atoms with Gasteiger partial charge in [0, 0.05) is 6.54 Å². The Morgan fingerprint density at radius 1 is 1.47 bits per heavy atom. The molecule has 0 fully saturated rings. The van der Waals surface area contributed by atoms with E-state index in [9.17, 15) is 17.6 Å². The van der Waals surface area contributed by atoms with Gasteiger partial charge in [-0.1, -0.05) is 12.1 Å². The Morgan fingerprint density at radius 2 is 2.06 bits per heavy atom. The van der Waals surface area contributed by atoms with Crippen LogP contribution in [0.2, 0.25) is 0 Å². The summed E-state index contributed by atoms with van der Waals surface area (Å²) in [5.74, 6) is -2.38. The van der Waals surface area contributed by atoms with Gasteiger partial charge in [-0.25, -0.2) is 12.8 Å². The van der Waals surface area contributed by atoms with Crippen molar-refractivity contribution in [3.05, 3.63) is 30.1 Å². The second-order valence-corrected chi connectivity index (χ2v) is 4.86. The minimum Gasteiger partial charge on any atom is -0.480 e. The van der Waals surface area contributed by atoms with Crippen molar-refractivity contribution in [1.82, 2.24) is 4.72 Å². The Kier molecular flexibility index (Phi) is 4.16. The third-order valence-corrected chi connectivity index (χ3v) is 3.46. The van der Waals surface area contributed by atoms with E-state index in [-0.39, 0.29) is 0 Å². The minimum absolute atomic E-state index is 0.428. The second-order valence-electron chi connectivity index (χ2n) is 3.18. The number of carbonyl (C=O) groups is 1. The van der Waals surface area contributed by atoms with Gasteiger partial charge in [-0.3, -0.25) is 4.79 Å². The van der Waals surface area contributed by atoms with E-state index in [4.69, 9.17) is 10.8 Å². The molecule has 6 nitrogen and oxygen atoms in total. The number of benzene rings is 1. The molecular weight excluding hydrogens is 251 g/mol. The molecule has 0 aliphatic rings. The molecule has 0 amide bonds. The first kappa shape index (κ1) is 13.6. The fourth-order valence-corrected chi connectivity index (χ4v) is 2.39. The maximum absolute atomic E-state index is 13.2. The van der Waals surface area contributed by atoms with Crippen molar-refractivity contribution in [2.45, 2.75) is 10.9 Å². The van der Waals surface area contributed by atoms with Gasteiger partial charge in [0.25, 0.3) is 0 Å². The van der Waals surface area contributed by atoms with E-state index in [0.29, 0.717) is 0 Å². The Morgan fingerprint density at radius 3 is 2.53 bits per heavy atom. The summed E-state index contributed by atoms with van der Waals surface area (Å²) in [7, 11) is -4.23. The van der Waals surface area contributed by atoms with Crippen LogP contribution in [0.3, 0.4) is 0 Å². The lowest BCUT2D eigenvalue weighted by Gasteiger charge is -2.12. The molecule has 1 rings (SSSR count). The van der Waals surface area contributed by atoms with E-state index in [0.717, 1.165) is 12.1 Å². The number of sulfonamides is 1. The molecule has 0 saturated carbocycles. The van der Waals surface area contributed by atoms with E-state index < -0.39 is 39.3 Å². The molecule has 1 aromatic rings. The Hall–Kier alpha value is -1.51. The number of hydrogen-bond acceptors (Lipinski definition) is 4. The lowest BCUT2D eigenvalue weighted by atomic mass is 10.3. The molecule has 1 aromatic carbocycles. The Bertz CT molecular complexity index is 517. The average molecular weight is 262 g/mol. The van der Waals surface area contributed by atoms with Crippen molar-refractivity contribution in [2.75, 3.05) is 6.54 Å². The average Bonchev–Trinajstić information content (AvgIpc) is 2.26. The molecule has 4 N–H and O–H groups in total. The van der Waals surface area contributed by atoms with Crippen LogP contribution in [0, 0.1) is 5.82 Å². The summed E-state index contributed by atoms with van der Waals surface area (Å²) in [4.78, 5) is 10.0. The first-order valence-electron chi connectivity index (χ1n) is 4.58. The lowest BCUT2D eigenvalue weighted by Crippen LogP contribution is -2.45. The van der Waals surface area contributed by atoms with Crippen LogP contribution < -0.4 is 10.5 Å².